The second-order valence-corrected chi connectivity index (χ2v) is 14.0. The largest absolute Gasteiger partial charge is 0.369 e. The van der Waals surface area contributed by atoms with Gasteiger partial charge in [-0.15, -0.1) is 21.5 Å². The SMILES string of the molecule is Cc1nnc2n1-c1sc(C#Cc3ccc(CCCC#Cc4cccc5c4CN(C4CCC(=O)NC4=O)C5=O)nc3)c(Cc3ccccc3)c1COC2. The second kappa shape index (κ2) is 14.4. The van der Waals surface area contributed by atoms with Gasteiger partial charge in [0.1, 0.15) is 23.5 Å². The first-order chi connectivity index (χ1) is 25.4. The van der Waals surface area contributed by atoms with Gasteiger partial charge in [-0.25, -0.2) is 0 Å². The molecule has 3 aliphatic rings. The number of fused-ring (bicyclic) bond motifs is 4. The van der Waals surface area contributed by atoms with Crippen LogP contribution in [-0.4, -0.2) is 48.4 Å². The predicted molar refractivity (Wildman–Crippen MR) is 194 cm³/mol. The van der Waals surface area contributed by atoms with E-state index in [1.165, 1.54) is 11.1 Å². The van der Waals surface area contributed by atoms with E-state index in [2.05, 4.69) is 73.0 Å². The lowest BCUT2D eigenvalue weighted by Crippen LogP contribution is -2.52. The van der Waals surface area contributed by atoms with Crippen molar-refractivity contribution in [3.63, 3.8) is 0 Å². The number of imide groups is 1. The summed E-state index contributed by atoms with van der Waals surface area (Å²) in [5, 5.41) is 12.1. The summed E-state index contributed by atoms with van der Waals surface area (Å²) in [7, 11) is 0. The zero-order chi connectivity index (χ0) is 35.6. The van der Waals surface area contributed by atoms with Crippen LogP contribution in [0.2, 0.25) is 0 Å². The average molecular weight is 707 g/mol. The molecule has 52 heavy (non-hydrogen) atoms. The van der Waals surface area contributed by atoms with Gasteiger partial charge in [-0.1, -0.05) is 60.1 Å². The fraction of sp³-hybridized carbons (Fsp3) is 0.268. The molecule has 5 aromatic rings. The average Bonchev–Trinajstić information content (AvgIpc) is 3.76. The van der Waals surface area contributed by atoms with Crippen molar-refractivity contribution < 1.29 is 19.1 Å². The molecule has 6 heterocycles. The first-order valence-electron chi connectivity index (χ1n) is 17.3. The van der Waals surface area contributed by atoms with Gasteiger partial charge in [0.15, 0.2) is 5.82 Å². The molecule has 3 amide bonds. The standard InChI is InChI=1S/C41H34N6O4S/c1-26-44-45-37-25-51-24-34-32(21-27-9-4-2-5-10-27)36(52-41(34)47(26)37)19-16-28-15-17-30(42-22-28)13-7-3-6-11-29-12-8-14-31-33(29)23-46(40(31)50)35-18-20-38(48)43-39(35)49/h2,4-5,8-10,12,14-15,17,22,35H,3,7,13,18,20-21,23-25H2,1H3,(H,43,48,49). The van der Waals surface area contributed by atoms with E-state index in [0.717, 1.165) is 68.7 Å². The summed E-state index contributed by atoms with van der Waals surface area (Å²) in [5.41, 5.74) is 7.53. The normalized spacial score (nSPS) is 16.1. The Morgan fingerprint density at radius 3 is 2.67 bits per heavy atom. The molecular weight excluding hydrogens is 673 g/mol. The van der Waals surface area contributed by atoms with Gasteiger partial charge in [-0.3, -0.25) is 29.3 Å². The third kappa shape index (κ3) is 6.64. The molecule has 1 atom stereocenters. The number of carbonyl (C=O) groups excluding carboxylic acids is 3. The molecule has 258 valence electrons. The molecule has 1 N–H and O–H groups in total. The van der Waals surface area contributed by atoms with Gasteiger partial charge in [0.05, 0.1) is 11.5 Å². The molecule has 1 unspecified atom stereocenters. The van der Waals surface area contributed by atoms with Gasteiger partial charge in [-0.2, -0.15) is 0 Å². The summed E-state index contributed by atoms with van der Waals surface area (Å²) >= 11 is 1.66. The number of pyridine rings is 1. The number of hydrogen-bond donors (Lipinski definition) is 1. The third-order valence-corrected chi connectivity index (χ3v) is 10.8. The second-order valence-electron chi connectivity index (χ2n) is 13.0. The molecule has 0 spiro atoms. The number of piperidine rings is 1. The van der Waals surface area contributed by atoms with E-state index >= 15 is 0 Å². The molecule has 2 aromatic carbocycles. The number of carbonyl (C=O) groups is 3. The van der Waals surface area contributed by atoms with Crippen molar-refractivity contribution in [1.29, 1.82) is 0 Å². The maximum Gasteiger partial charge on any atom is 0.255 e. The third-order valence-electron chi connectivity index (χ3n) is 9.58. The molecule has 1 saturated heterocycles. The number of benzene rings is 2. The summed E-state index contributed by atoms with van der Waals surface area (Å²) in [4.78, 5) is 44.4. The van der Waals surface area contributed by atoms with Crippen LogP contribution in [0.25, 0.3) is 5.00 Å². The fourth-order valence-electron chi connectivity index (χ4n) is 6.91. The minimum absolute atomic E-state index is 0.194. The van der Waals surface area contributed by atoms with Gasteiger partial charge in [0, 0.05) is 53.5 Å². The smallest absolute Gasteiger partial charge is 0.255 e. The molecule has 0 saturated carbocycles. The van der Waals surface area contributed by atoms with Crippen LogP contribution in [0.4, 0.5) is 0 Å². The highest BCUT2D eigenvalue weighted by Crippen LogP contribution is 2.37. The van der Waals surface area contributed by atoms with Gasteiger partial charge in [0.2, 0.25) is 11.8 Å². The van der Waals surface area contributed by atoms with Crippen molar-refractivity contribution in [2.45, 2.75) is 71.2 Å². The van der Waals surface area contributed by atoms with Crippen molar-refractivity contribution in [1.82, 2.24) is 30.0 Å². The zero-order valence-electron chi connectivity index (χ0n) is 28.6. The van der Waals surface area contributed by atoms with E-state index in [-0.39, 0.29) is 18.2 Å². The molecule has 0 aliphatic carbocycles. The van der Waals surface area contributed by atoms with Crippen LogP contribution in [0.1, 0.15) is 91.6 Å². The van der Waals surface area contributed by atoms with Crippen molar-refractivity contribution in [3.05, 3.63) is 128 Å². The Labute approximate surface area is 305 Å². The predicted octanol–water partition coefficient (Wildman–Crippen LogP) is 5.19. The lowest BCUT2D eigenvalue weighted by atomic mass is 10.0. The van der Waals surface area contributed by atoms with E-state index in [4.69, 9.17) is 4.74 Å². The van der Waals surface area contributed by atoms with Crippen LogP contribution < -0.4 is 5.32 Å². The van der Waals surface area contributed by atoms with Gasteiger partial charge < -0.3 is 9.64 Å². The van der Waals surface area contributed by atoms with Crippen LogP contribution in [0.5, 0.6) is 0 Å². The van der Waals surface area contributed by atoms with Crippen LogP contribution in [0.3, 0.4) is 0 Å². The molecular formula is C41H34N6O4S. The molecule has 0 bridgehead atoms. The Kier molecular flexibility index (Phi) is 9.21. The van der Waals surface area contributed by atoms with E-state index in [9.17, 15) is 14.4 Å². The van der Waals surface area contributed by atoms with Gasteiger partial charge in [0.25, 0.3) is 5.91 Å². The molecule has 8 rings (SSSR count). The van der Waals surface area contributed by atoms with Crippen molar-refractivity contribution in [3.8, 4) is 28.7 Å². The maximum absolute atomic E-state index is 13.1. The van der Waals surface area contributed by atoms with Crippen LogP contribution in [-0.2, 0) is 46.9 Å². The molecule has 3 aliphatic heterocycles. The minimum atomic E-state index is -0.644. The minimum Gasteiger partial charge on any atom is -0.369 e. The first-order valence-corrected chi connectivity index (χ1v) is 18.1. The number of nitrogens with zero attached hydrogens (tertiary/aromatic N) is 5. The highest BCUT2D eigenvalue weighted by Gasteiger charge is 2.39. The van der Waals surface area contributed by atoms with Crippen molar-refractivity contribution in [2.24, 2.45) is 0 Å². The number of rotatable bonds is 6. The maximum atomic E-state index is 13.1. The summed E-state index contributed by atoms with van der Waals surface area (Å²) in [6, 6.07) is 19.3. The Bertz CT molecular complexity index is 2340. The Hall–Kier alpha value is -5.88. The Morgan fingerprint density at radius 2 is 1.85 bits per heavy atom. The summed E-state index contributed by atoms with van der Waals surface area (Å²) < 4.78 is 8.13. The lowest BCUT2D eigenvalue weighted by Gasteiger charge is -2.29. The van der Waals surface area contributed by atoms with E-state index in [0.29, 0.717) is 38.2 Å². The number of unbranched alkanes of at least 4 members (excludes halogenated alkanes) is 1. The number of nitrogens with one attached hydrogen (secondary N) is 1. The van der Waals surface area contributed by atoms with Crippen molar-refractivity contribution in [2.75, 3.05) is 0 Å². The van der Waals surface area contributed by atoms with Crippen LogP contribution >= 0.6 is 11.3 Å². The van der Waals surface area contributed by atoms with Crippen LogP contribution in [0.15, 0.2) is 66.9 Å². The monoisotopic (exact) mass is 706 g/mol. The molecule has 11 heteroatoms. The van der Waals surface area contributed by atoms with Crippen molar-refractivity contribution >= 4 is 29.1 Å². The summed E-state index contributed by atoms with van der Waals surface area (Å²) in [5.74, 6) is 14.0. The quantitative estimate of drug-likeness (QED) is 0.147. The lowest BCUT2D eigenvalue weighted by molar-refractivity contribution is -0.136. The summed E-state index contributed by atoms with van der Waals surface area (Å²) in [6.07, 6.45) is 5.41. The fourth-order valence-corrected chi connectivity index (χ4v) is 8.15. The number of aromatic nitrogens is 4. The van der Waals surface area contributed by atoms with Gasteiger partial charge >= 0.3 is 0 Å². The number of thiophene rings is 1. The topological polar surface area (TPSA) is 119 Å². The molecule has 10 nitrogen and oxygen atoms in total. The number of hydrogen-bond acceptors (Lipinski definition) is 8. The number of aryl methyl sites for hydroxylation is 2. The molecule has 0 radical (unpaired) electrons. The number of amides is 3. The molecule has 3 aromatic heterocycles. The first kappa shape index (κ1) is 33.3. The Morgan fingerprint density at radius 1 is 0.962 bits per heavy atom. The van der Waals surface area contributed by atoms with Gasteiger partial charge in [-0.05, 0) is 73.6 Å². The van der Waals surface area contributed by atoms with E-state index in [1.54, 1.807) is 22.3 Å². The highest BCUT2D eigenvalue weighted by atomic mass is 32.1. The Balaban J connectivity index is 0.927. The van der Waals surface area contributed by atoms with E-state index in [1.807, 2.05) is 43.5 Å². The number of ether oxygens (including phenoxy) is 1. The van der Waals surface area contributed by atoms with E-state index < -0.39 is 11.9 Å². The summed E-state index contributed by atoms with van der Waals surface area (Å²) in [6.45, 7) is 3.19. The highest BCUT2D eigenvalue weighted by molar-refractivity contribution is 7.15. The zero-order valence-corrected chi connectivity index (χ0v) is 29.4. The van der Waals surface area contributed by atoms with Crippen LogP contribution in [0, 0.1) is 30.6 Å². The molecule has 1 fully saturated rings.